The van der Waals surface area contributed by atoms with Crippen LogP contribution in [-0.2, 0) is 22.6 Å². The van der Waals surface area contributed by atoms with E-state index in [9.17, 15) is 19.5 Å². The molecule has 0 heterocycles. The van der Waals surface area contributed by atoms with Gasteiger partial charge in [-0.25, -0.2) is 4.79 Å². The molecule has 2 amide bonds. The fourth-order valence-electron chi connectivity index (χ4n) is 4.00. The summed E-state index contributed by atoms with van der Waals surface area (Å²) in [5, 5.41) is 14.9. The number of carbonyl (C=O) groups excluding carboxylic acids is 2. The highest BCUT2D eigenvalue weighted by Gasteiger charge is 2.27. The molecule has 0 fully saturated rings. The average Bonchev–Trinajstić information content (AvgIpc) is 2.88. The van der Waals surface area contributed by atoms with Crippen LogP contribution in [0.2, 0.25) is 0 Å². The van der Waals surface area contributed by atoms with Gasteiger partial charge in [-0.05, 0) is 60.4 Å². The summed E-state index contributed by atoms with van der Waals surface area (Å²) in [6.07, 6.45) is 0.376. The summed E-state index contributed by atoms with van der Waals surface area (Å²) in [6, 6.07) is 20.2. The van der Waals surface area contributed by atoms with Crippen molar-refractivity contribution in [2.45, 2.75) is 45.4 Å². The molecular formula is C29H32N2O5S. The zero-order valence-electron chi connectivity index (χ0n) is 20.9. The number of nitrogens with one attached hydrogen (secondary N) is 2. The van der Waals surface area contributed by atoms with Crippen LogP contribution in [0.25, 0.3) is 0 Å². The third-order valence-electron chi connectivity index (χ3n) is 5.89. The molecule has 3 aromatic rings. The van der Waals surface area contributed by atoms with Gasteiger partial charge in [0.2, 0.25) is 5.91 Å². The molecule has 0 saturated carbocycles. The highest BCUT2D eigenvalue weighted by Crippen LogP contribution is 2.26. The number of hydrogen-bond donors (Lipinski definition) is 4. The lowest BCUT2D eigenvalue weighted by Gasteiger charge is -2.22. The van der Waals surface area contributed by atoms with Crippen LogP contribution in [0.1, 0.15) is 39.0 Å². The Labute approximate surface area is 222 Å². The predicted octanol–water partition coefficient (Wildman–Crippen LogP) is 4.11. The van der Waals surface area contributed by atoms with Gasteiger partial charge in [-0.2, -0.15) is 12.6 Å². The van der Waals surface area contributed by atoms with Crippen LogP contribution in [0.5, 0.6) is 5.75 Å². The Morgan fingerprint density at radius 3 is 1.97 bits per heavy atom. The van der Waals surface area contributed by atoms with E-state index in [1.807, 2.05) is 62.4 Å². The molecule has 0 saturated heterocycles. The fraction of sp³-hybridized carbons (Fsp3) is 0.276. The van der Waals surface area contributed by atoms with E-state index in [1.54, 1.807) is 24.3 Å². The Kier molecular flexibility index (Phi) is 10.1. The molecule has 2 atom stereocenters. The maximum atomic E-state index is 13.1. The maximum absolute atomic E-state index is 13.1. The molecule has 0 aliphatic carbocycles. The Hall–Kier alpha value is -3.78. The molecule has 0 spiro atoms. The van der Waals surface area contributed by atoms with E-state index in [-0.39, 0.29) is 12.8 Å². The van der Waals surface area contributed by atoms with Gasteiger partial charge in [0, 0.05) is 12.0 Å². The van der Waals surface area contributed by atoms with Crippen molar-refractivity contribution in [3.8, 4) is 5.75 Å². The van der Waals surface area contributed by atoms with Crippen molar-refractivity contribution < 1.29 is 24.2 Å². The standard InChI is InChI=1S/C29H32N2O5S/c1-19-15-23(16-20(2)26(19)36-18-22-11-7-4-8-12-22)27(32)30-24(13-14-37)28(33)31-25(29(34)35)17-21-9-5-3-6-10-21/h3-12,15-16,24-25,37H,13-14,17-18H2,1-2H3,(H,30,32)(H,31,33)(H,34,35)/t24?,25-/m1/s1. The minimum absolute atomic E-state index is 0.131. The summed E-state index contributed by atoms with van der Waals surface area (Å²) >= 11 is 4.21. The van der Waals surface area contributed by atoms with Gasteiger partial charge in [0.05, 0.1) is 0 Å². The molecule has 3 aromatic carbocycles. The molecule has 8 heteroatoms. The number of rotatable bonds is 12. The van der Waals surface area contributed by atoms with Crippen molar-refractivity contribution in [1.82, 2.24) is 10.6 Å². The van der Waals surface area contributed by atoms with Gasteiger partial charge in [-0.3, -0.25) is 9.59 Å². The molecule has 0 bridgehead atoms. The number of ether oxygens (including phenoxy) is 1. The number of carboxylic acids is 1. The van der Waals surface area contributed by atoms with E-state index in [2.05, 4.69) is 23.3 Å². The van der Waals surface area contributed by atoms with Gasteiger partial charge < -0.3 is 20.5 Å². The zero-order valence-corrected chi connectivity index (χ0v) is 21.8. The molecule has 3 N–H and O–H groups in total. The minimum atomic E-state index is -1.15. The molecule has 0 aliphatic heterocycles. The third kappa shape index (κ3) is 8.11. The summed E-state index contributed by atoms with van der Waals surface area (Å²) in [7, 11) is 0. The molecule has 3 rings (SSSR count). The van der Waals surface area contributed by atoms with Crippen LogP contribution in [-0.4, -0.2) is 40.7 Å². The van der Waals surface area contributed by atoms with E-state index in [0.29, 0.717) is 23.7 Å². The van der Waals surface area contributed by atoms with Crippen molar-refractivity contribution >= 4 is 30.4 Å². The van der Waals surface area contributed by atoms with Crippen LogP contribution in [0.15, 0.2) is 72.8 Å². The van der Waals surface area contributed by atoms with Crippen molar-refractivity contribution in [3.63, 3.8) is 0 Å². The maximum Gasteiger partial charge on any atom is 0.326 e. The lowest BCUT2D eigenvalue weighted by molar-refractivity contribution is -0.142. The average molecular weight is 521 g/mol. The lowest BCUT2D eigenvalue weighted by atomic mass is 10.0. The summed E-state index contributed by atoms with van der Waals surface area (Å²) in [5.74, 6) is -1.11. The Bertz CT molecular complexity index is 1190. The number of carboxylic acid groups (broad SMARTS) is 1. The quantitative estimate of drug-likeness (QED) is 0.269. The highest BCUT2D eigenvalue weighted by molar-refractivity contribution is 7.80. The Morgan fingerprint density at radius 1 is 0.865 bits per heavy atom. The molecule has 7 nitrogen and oxygen atoms in total. The van der Waals surface area contributed by atoms with Crippen molar-refractivity contribution in [2.75, 3.05) is 5.75 Å². The van der Waals surface area contributed by atoms with Crippen molar-refractivity contribution in [3.05, 3.63) is 101 Å². The minimum Gasteiger partial charge on any atom is -0.488 e. The van der Waals surface area contributed by atoms with E-state index >= 15 is 0 Å². The number of carbonyl (C=O) groups is 3. The first-order valence-corrected chi connectivity index (χ1v) is 12.7. The molecule has 1 unspecified atom stereocenters. The van der Waals surface area contributed by atoms with Gasteiger partial charge in [-0.1, -0.05) is 60.7 Å². The molecule has 0 radical (unpaired) electrons. The van der Waals surface area contributed by atoms with Crippen LogP contribution < -0.4 is 15.4 Å². The predicted molar refractivity (Wildman–Crippen MR) is 146 cm³/mol. The monoisotopic (exact) mass is 520 g/mol. The van der Waals surface area contributed by atoms with Gasteiger partial charge in [0.1, 0.15) is 24.4 Å². The van der Waals surface area contributed by atoms with E-state index in [1.165, 1.54) is 0 Å². The molecule has 194 valence electrons. The number of hydrogen-bond acceptors (Lipinski definition) is 5. The number of thiol groups is 1. The normalized spacial score (nSPS) is 12.3. The van der Waals surface area contributed by atoms with Crippen molar-refractivity contribution in [1.29, 1.82) is 0 Å². The van der Waals surface area contributed by atoms with Crippen LogP contribution in [0.4, 0.5) is 0 Å². The second-order valence-electron chi connectivity index (χ2n) is 8.84. The van der Waals surface area contributed by atoms with Gasteiger partial charge in [0.15, 0.2) is 0 Å². The van der Waals surface area contributed by atoms with Crippen LogP contribution in [0.3, 0.4) is 0 Å². The first-order chi connectivity index (χ1) is 17.8. The SMILES string of the molecule is Cc1cc(C(=O)NC(CCS)C(=O)N[C@H](Cc2ccccc2)C(=O)O)cc(C)c1OCc1ccccc1. The largest absolute Gasteiger partial charge is 0.488 e. The third-order valence-corrected chi connectivity index (χ3v) is 6.14. The van der Waals surface area contributed by atoms with Gasteiger partial charge in [-0.15, -0.1) is 0 Å². The second kappa shape index (κ2) is 13.5. The summed E-state index contributed by atoms with van der Waals surface area (Å²) in [4.78, 5) is 37.8. The highest BCUT2D eigenvalue weighted by atomic mass is 32.1. The second-order valence-corrected chi connectivity index (χ2v) is 9.29. The van der Waals surface area contributed by atoms with Crippen LogP contribution >= 0.6 is 12.6 Å². The first-order valence-electron chi connectivity index (χ1n) is 12.0. The van der Waals surface area contributed by atoms with E-state index in [4.69, 9.17) is 4.74 Å². The molecule has 0 aromatic heterocycles. The molecule has 0 aliphatic rings. The number of aliphatic carboxylic acids is 1. The van der Waals surface area contributed by atoms with E-state index < -0.39 is 29.9 Å². The first kappa shape index (κ1) is 27.8. The zero-order chi connectivity index (χ0) is 26.8. The summed E-state index contributed by atoms with van der Waals surface area (Å²) in [6.45, 7) is 4.14. The number of aryl methyl sites for hydroxylation is 2. The van der Waals surface area contributed by atoms with Crippen LogP contribution in [0, 0.1) is 13.8 Å². The van der Waals surface area contributed by atoms with Gasteiger partial charge >= 0.3 is 5.97 Å². The number of amides is 2. The van der Waals surface area contributed by atoms with Gasteiger partial charge in [0.25, 0.3) is 5.91 Å². The van der Waals surface area contributed by atoms with Crippen molar-refractivity contribution in [2.24, 2.45) is 0 Å². The Balaban J connectivity index is 1.68. The Morgan fingerprint density at radius 2 is 1.43 bits per heavy atom. The topological polar surface area (TPSA) is 105 Å². The summed E-state index contributed by atoms with van der Waals surface area (Å²) < 4.78 is 6.00. The smallest absolute Gasteiger partial charge is 0.326 e. The van der Waals surface area contributed by atoms with E-state index in [0.717, 1.165) is 22.3 Å². The molecule has 37 heavy (non-hydrogen) atoms. The fourth-order valence-corrected chi connectivity index (χ4v) is 4.26. The number of benzene rings is 3. The summed E-state index contributed by atoms with van der Waals surface area (Å²) in [5.41, 5.74) is 3.80. The molecular weight excluding hydrogens is 488 g/mol. The lowest BCUT2D eigenvalue weighted by Crippen LogP contribution is -2.52.